The monoisotopic (exact) mass is 574 g/mol. The molecule has 1 amide bonds. The lowest BCUT2D eigenvalue weighted by atomic mass is 10.3. The number of anilines is 2. The second kappa shape index (κ2) is 10.9. The SMILES string of the molecule is CC1=C(P(=O)(c2ccccc2)c2ccccc2)C(=O)N(c2ccccc2)P(=O)(c2ccccc2)N1c1ccccc1. The van der Waals surface area contributed by atoms with Crippen molar-refractivity contribution in [1.82, 2.24) is 0 Å². The summed E-state index contributed by atoms with van der Waals surface area (Å²) in [4.78, 5) is 15.0. The quantitative estimate of drug-likeness (QED) is 0.200. The molecule has 1 aliphatic heterocycles. The molecule has 1 aliphatic rings. The Morgan fingerprint density at radius 2 is 0.902 bits per heavy atom. The molecular weight excluding hydrogens is 546 g/mol. The average molecular weight is 575 g/mol. The third kappa shape index (κ3) is 4.39. The van der Waals surface area contributed by atoms with Crippen molar-refractivity contribution in [2.75, 3.05) is 9.34 Å². The van der Waals surface area contributed by atoms with Crippen LogP contribution in [-0.2, 0) is 13.9 Å². The van der Waals surface area contributed by atoms with Crippen molar-refractivity contribution in [3.63, 3.8) is 0 Å². The maximum atomic E-state index is 15.8. The number of carbonyl (C=O) groups excluding carboxylic acids is 1. The van der Waals surface area contributed by atoms with Gasteiger partial charge in [0.05, 0.1) is 11.0 Å². The summed E-state index contributed by atoms with van der Waals surface area (Å²) in [5.41, 5.74) is 1.50. The normalized spacial score (nSPS) is 17.5. The van der Waals surface area contributed by atoms with Gasteiger partial charge in [0.15, 0.2) is 7.14 Å². The molecule has 5 aromatic carbocycles. The molecule has 5 aromatic rings. The Kier molecular flexibility index (Phi) is 7.09. The summed E-state index contributed by atoms with van der Waals surface area (Å²) in [6.07, 6.45) is 0. The summed E-state index contributed by atoms with van der Waals surface area (Å²) in [5.74, 6) is -0.538. The molecule has 1 heterocycles. The van der Waals surface area contributed by atoms with Gasteiger partial charge in [0, 0.05) is 22.0 Å². The fraction of sp³-hybridized carbons (Fsp3) is 0.0294. The predicted molar refractivity (Wildman–Crippen MR) is 169 cm³/mol. The molecule has 0 aliphatic carbocycles. The zero-order chi connectivity index (χ0) is 28.5. The number of para-hydroxylation sites is 2. The van der Waals surface area contributed by atoms with Crippen molar-refractivity contribution < 1.29 is 13.9 Å². The van der Waals surface area contributed by atoms with Crippen LogP contribution in [0, 0.1) is 0 Å². The van der Waals surface area contributed by atoms with E-state index in [0.717, 1.165) is 0 Å². The number of hydrogen-bond donors (Lipinski definition) is 0. The minimum atomic E-state index is -3.89. The molecule has 5 nitrogen and oxygen atoms in total. The van der Waals surface area contributed by atoms with Crippen LogP contribution in [0.3, 0.4) is 0 Å². The zero-order valence-corrected chi connectivity index (χ0v) is 24.2. The number of carbonyl (C=O) groups is 1. The molecular formula is C34H28N2O3P2. The second-order valence-electron chi connectivity index (χ2n) is 9.69. The van der Waals surface area contributed by atoms with Gasteiger partial charge in [-0.3, -0.25) is 14.0 Å². The molecule has 1 atom stereocenters. The minimum Gasteiger partial charge on any atom is -0.308 e. The molecule has 0 radical (unpaired) electrons. The van der Waals surface area contributed by atoms with E-state index < -0.39 is 20.5 Å². The Morgan fingerprint density at radius 3 is 1.34 bits per heavy atom. The van der Waals surface area contributed by atoms with Gasteiger partial charge < -0.3 is 4.57 Å². The van der Waals surface area contributed by atoms with Crippen LogP contribution in [-0.4, -0.2) is 5.91 Å². The smallest absolute Gasteiger partial charge is 0.303 e. The van der Waals surface area contributed by atoms with Crippen LogP contribution in [0.25, 0.3) is 0 Å². The van der Waals surface area contributed by atoms with E-state index in [1.807, 2.05) is 103 Å². The van der Waals surface area contributed by atoms with E-state index >= 15 is 9.13 Å². The van der Waals surface area contributed by atoms with Crippen LogP contribution >= 0.6 is 14.6 Å². The Labute approximate surface area is 240 Å². The summed E-state index contributed by atoms with van der Waals surface area (Å²) in [6.45, 7) is 1.76. The van der Waals surface area contributed by atoms with Gasteiger partial charge in [-0.25, -0.2) is 4.67 Å². The summed E-state index contributed by atoms with van der Waals surface area (Å²) in [7, 11) is -7.64. The first-order valence-electron chi connectivity index (χ1n) is 13.3. The third-order valence-electron chi connectivity index (χ3n) is 7.25. The average Bonchev–Trinajstić information content (AvgIpc) is 3.03. The second-order valence-corrected chi connectivity index (χ2v) is 14.8. The zero-order valence-electron chi connectivity index (χ0n) is 22.4. The van der Waals surface area contributed by atoms with Crippen LogP contribution in [0.2, 0.25) is 0 Å². The van der Waals surface area contributed by atoms with Crippen molar-refractivity contribution in [2.24, 2.45) is 0 Å². The molecule has 0 fully saturated rings. The molecule has 6 rings (SSSR count). The van der Waals surface area contributed by atoms with Crippen LogP contribution < -0.4 is 25.3 Å². The highest BCUT2D eigenvalue weighted by Gasteiger charge is 2.54. The van der Waals surface area contributed by atoms with Crippen molar-refractivity contribution in [3.05, 3.63) is 163 Å². The van der Waals surface area contributed by atoms with Gasteiger partial charge in [-0.05, 0) is 43.3 Å². The maximum Gasteiger partial charge on any atom is 0.303 e. The first-order chi connectivity index (χ1) is 20.0. The highest BCUT2D eigenvalue weighted by Crippen LogP contribution is 2.66. The standard InChI is InChI=1S/C34H28N2O3P2/c1-27-33(40(38,30-21-11-4-12-22-30)31-23-13-5-14-24-31)34(37)36(29-19-9-3-10-20-29)41(39,32-25-15-6-16-26-32)35(27)28-17-7-2-8-18-28/h2-26H,1H3. The number of amides is 1. The van der Waals surface area contributed by atoms with Crippen LogP contribution in [0.5, 0.6) is 0 Å². The van der Waals surface area contributed by atoms with Crippen LogP contribution in [0.15, 0.2) is 163 Å². The van der Waals surface area contributed by atoms with Gasteiger partial charge in [-0.1, -0.05) is 115 Å². The van der Waals surface area contributed by atoms with Crippen LogP contribution in [0.1, 0.15) is 6.92 Å². The van der Waals surface area contributed by atoms with Gasteiger partial charge in [0.25, 0.3) is 5.91 Å². The Bertz CT molecular complexity index is 1770. The number of benzene rings is 5. The predicted octanol–water partition coefficient (Wildman–Crippen LogP) is 7.30. The molecule has 0 bridgehead atoms. The van der Waals surface area contributed by atoms with E-state index in [2.05, 4.69) is 0 Å². The number of hydrogen-bond acceptors (Lipinski definition) is 3. The largest absolute Gasteiger partial charge is 0.308 e. The van der Waals surface area contributed by atoms with E-state index in [9.17, 15) is 4.79 Å². The van der Waals surface area contributed by atoms with Crippen molar-refractivity contribution in [1.29, 1.82) is 0 Å². The lowest BCUT2D eigenvalue weighted by molar-refractivity contribution is -0.113. The molecule has 0 spiro atoms. The molecule has 202 valence electrons. The number of allylic oxidation sites excluding steroid dienone is 1. The Balaban J connectivity index is 1.76. The molecule has 0 N–H and O–H groups in total. The highest BCUT2D eigenvalue weighted by molar-refractivity contribution is 7.84. The topological polar surface area (TPSA) is 57.7 Å². The van der Waals surface area contributed by atoms with Gasteiger partial charge in [-0.15, -0.1) is 0 Å². The van der Waals surface area contributed by atoms with E-state index in [0.29, 0.717) is 33.0 Å². The van der Waals surface area contributed by atoms with Gasteiger partial charge in [-0.2, -0.15) is 0 Å². The van der Waals surface area contributed by atoms with Crippen molar-refractivity contribution in [3.8, 4) is 0 Å². The molecule has 7 heteroatoms. The third-order valence-corrected chi connectivity index (χ3v) is 13.4. The Hall–Kier alpha value is -4.43. The van der Waals surface area contributed by atoms with Gasteiger partial charge >= 0.3 is 7.44 Å². The molecule has 0 saturated heterocycles. The summed E-state index contributed by atoms with van der Waals surface area (Å²) in [5, 5.41) is 1.69. The van der Waals surface area contributed by atoms with E-state index in [4.69, 9.17) is 0 Å². The molecule has 1 unspecified atom stereocenters. The van der Waals surface area contributed by atoms with Crippen molar-refractivity contribution >= 4 is 47.8 Å². The van der Waals surface area contributed by atoms with Crippen molar-refractivity contribution in [2.45, 2.75) is 6.92 Å². The maximum absolute atomic E-state index is 15.8. The van der Waals surface area contributed by atoms with Crippen LogP contribution in [0.4, 0.5) is 11.4 Å². The summed E-state index contributed by atoms with van der Waals surface area (Å²) < 4.78 is 34.5. The van der Waals surface area contributed by atoms with Gasteiger partial charge in [0.1, 0.15) is 5.31 Å². The number of rotatable bonds is 6. The Morgan fingerprint density at radius 1 is 0.537 bits per heavy atom. The molecule has 0 saturated carbocycles. The first-order valence-corrected chi connectivity index (χ1v) is 16.6. The first kappa shape index (κ1) is 26.8. The lowest BCUT2D eigenvalue weighted by Crippen LogP contribution is -2.46. The van der Waals surface area contributed by atoms with E-state index in [1.165, 1.54) is 4.67 Å². The van der Waals surface area contributed by atoms with Gasteiger partial charge in [0.2, 0.25) is 0 Å². The lowest BCUT2D eigenvalue weighted by Gasteiger charge is -2.46. The molecule has 41 heavy (non-hydrogen) atoms. The summed E-state index contributed by atoms with van der Waals surface area (Å²) >= 11 is 0. The summed E-state index contributed by atoms with van der Waals surface area (Å²) in [6, 6.07) is 45.6. The highest BCUT2D eigenvalue weighted by atomic mass is 31.2. The molecule has 0 aromatic heterocycles. The van der Waals surface area contributed by atoms with E-state index in [-0.39, 0.29) is 5.31 Å². The minimum absolute atomic E-state index is 0.130. The fourth-order valence-electron chi connectivity index (χ4n) is 5.43. The number of nitrogens with zero attached hydrogens (tertiary/aromatic N) is 2. The van der Waals surface area contributed by atoms with E-state index in [1.54, 1.807) is 60.1 Å². The fourth-order valence-corrected chi connectivity index (χ4v) is 11.5.